The average Bonchev–Trinajstić information content (AvgIpc) is 3.16. The number of ether oxygens (including phenoxy) is 6. The zero-order valence-corrected chi connectivity index (χ0v) is 18.7. The minimum Gasteiger partial charge on any atom is -0.394 e. The van der Waals surface area contributed by atoms with E-state index < -0.39 is 112 Å². The number of hydrogen-bond donors (Lipinski definition) is 10. The van der Waals surface area contributed by atoms with Gasteiger partial charge in [-0.1, -0.05) is 0 Å². The Morgan fingerprint density at radius 1 is 0.629 bits per heavy atom. The molecule has 3 rings (SSSR count). The van der Waals surface area contributed by atoms with Gasteiger partial charge in [0.15, 0.2) is 18.9 Å². The van der Waals surface area contributed by atoms with E-state index in [-0.39, 0.29) is 0 Å². The number of methoxy groups -OCH3 is 1. The highest BCUT2D eigenvalue weighted by atomic mass is 16.8. The first-order valence-corrected chi connectivity index (χ1v) is 11.0. The molecule has 3 fully saturated rings. The Hall–Kier alpha value is -0.640. The summed E-state index contributed by atoms with van der Waals surface area (Å²) < 4.78 is 32.0. The van der Waals surface area contributed by atoms with Crippen molar-refractivity contribution in [3.05, 3.63) is 0 Å². The van der Waals surface area contributed by atoms with E-state index in [4.69, 9.17) is 28.4 Å². The van der Waals surface area contributed by atoms with Crippen molar-refractivity contribution in [2.75, 3.05) is 26.9 Å². The largest absolute Gasteiger partial charge is 0.394 e. The van der Waals surface area contributed by atoms with E-state index in [1.807, 2.05) is 0 Å². The van der Waals surface area contributed by atoms with Gasteiger partial charge < -0.3 is 79.5 Å². The Labute approximate surface area is 199 Å². The van der Waals surface area contributed by atoms with Crippen molar-refractivity contribution >= 4 is 0 Å². The van der Waals surface area contributed by atoms with E-state index in [2.05, 4.69) is 0 Å². The van der Waals surface area contributed by atoms with Gasteiger partial charge in [-0.15, -0.1) is 0 Å². The monoisotopic (exact) mass is 518 g/mol. The Bertz CT molecular complexity index is 638. The highest BCUT2D eigenvalue weighted by Gasteiger charge is 2.55. The molecular weight excluding hydrogens is 484 g/mol. The molecule has 0 unspecified atom stereocenters. The first kappa shape index (κ1) is 28.9. The molecule has 10 N–H and O–H groups in total. The van der Waals surface area contributed by atoms with Crippen molar-refractivity contribution in [3.8, 4) is 0 Å². The fourth-order valence-corrected chi connectivity index (χ4v) is 4.24. The van der Waals surface area contributed by atoms with Crippen LogP contribution in [0.25, 0.3) is 0 Å². The van der Waals surface area contributed by atoms with E-state index in [0.29, 0.717) is 0 Å². The molecule has 0 amide bonds. The lowest BCUT2D eigenvalue weighted by molar-refractivity contribution is -0.327. The molecule has 0 bridgehead atoms. The normalized spacial score (nSPS) is 49.8. The maximum Gasteiger partial charge on any atom is 0.187 e. The van der Waals surface area contributed by atoms with Crippen LogP contribution in [0.1, 0.15) is 0 Å². The first-order chi connectivity index (χ1) is 16.6. The molecule has 0 spiro atoms. The lowest BCUT2D eigenvalue weighted by atomic mass is 9.98. The van der Waals surface area contributed by atoms with Crippen LogP contribution in [0.15, 0.2) is 0 Å². The van der Waals surface area contributed by atoms with Crippen LogP contribution in [0, 0.1) is 0 Å². The van der Waals surface area contributed by atoms with Crippen molar-refractivity contribution in [2.45, 2.75) is 92.1 Å². The molecule has 0 saturated carbocycles. The van der Waals surface area contributed by atoms with Crippen LogP contribution in [0.5, 0.6) is 0 Å². The van der Waals surface area contributed by atoms with Gasteiger partial charge in [-0.3, -0.25) is 0 Å². The predicted molar refractivity (Wildman–Crippen MR) is 106 cm³/mol. The van der Waals surface area contributed by atoms with E-state index in [9.17, 15) is 51.1 Å². The topological polar surface area (TPSA) is 258 Å². The predicted octanol–water partition coefficient (Wildman–Crippen LogP) is -6.92. The second-order valence-corrected chi connectivity index (χ2v) is 8.55. The van der Waals surface area contributed by atoms with Crippen molar-refractivity contribution < 1.29 is 79.5 Å². The number of hydrogen-bond acceptors (Lipinski definition) is 16. The van der Waals surface area contributed by atoms with Gasteiger partial charge in [0.05, 0.1) is 19.8 Å². The fourth-order valence-electron chi connectivity index (χ4n) is 4.24. The van der Waals surface area contributed by atoms with E-state index in [0.717, 1.165) is 0 Å². The highest BCUT2D eigenvalue weighted by Crippen LogP contribution is 2.34. The highest BCUT2D eigenvalue weighted by molar-refractivity contribution is 4.97. The third-order valence-electron chi connectivity index (χ3n) is 6.28. The molecule has 0 aromatic rings. The lowest BCUT2D eigenvalue weighted by Crippen LogP contribution is -2.61. The van der Waals surface area contributed by atoms with Gasteiger partial charge in [0.1, 0.15) is 73.2 Å². The summed E-state index contributed by atoms with van der Waals surface area (Å²) >= 11 is 0. The molecule has 16 nitrogen and oxygen atoms in total. The molecular formula is C19H34O16. The number of aliphatic hydroxyl groups excluding tert-OH is 10. The quantitative estimate of drug-likeness (QED) is 0.136. The molecule has 3 aliphatic rings. The summed E-state index contributed by atoms with van der Waals surface area (Å²) in [5, 5.41) is 100. The van der Waals surface area contributed by atoms with E-state index >= 15 is 0 Å². The molecule has 35 heavy (non-hydrogen) atoms. The molecule has 3 saturated heterocycles. The van der Waals surface area contributed by atoms with Crippen LogP contribution in [0.3, 0.4) is 0 Å². The van der Waals surface area contributed by atoms with Crippen LogP contribution in [-0.2, 0) is 28.4 Å². The summed E-state index contributed by atoms with van der Waals surface area (Å²) in [6.07, 6.45) is -23.7. The fraction of sp³-hybridized carbons (Fsp3) is 1.00. The third kappa shape index (κ3) is 5.78. The standard InChI is InChI=1S/C19H34O16/c1-30-17-12(28)15(9(25)7(4-22)31-17)34-19-13(29)16(14(33-19)5(23)2-20)35-18-11(27)10(26)8(24)6(3-21)32-18/h5-29H,2-4H2,1H3/t5-,6-,7-,8+,9-,10+,11-,12-,13-,14+,15+,16-,17+,18+,19+/m1/s1. The third-order valence-corrected chi connectivity index (χ3v) is 6.28. The van der Waals surface area contributed by atoms with Gasteiger partial charge in [0.25, 0.3) is 0 Å². The summed E-state index contributed by atoms with van der Waals surface area (Å²) in [6, 6.07) is 0. The van der Waals surface area contributed by atoms with Gasteiger partial charge in [-0.2, -0.15) is 0 Å². The Morgan fingerprint density at radius 2 is 1.14 bits per heavy atom. The molecule has 0 aromatic heterocycles. The minimum atomic E-state index is -1.83. The minimum absolute atomic E-state index is 0.656. The Kier molecular flexibility index (Phi) is 10.1. The van der Waals surface area contributed by atoms with Crippen LogP contribution >= 0.6 is 0 Å². The van der Waals surface area contributed by atoms with Crippen LogP contribution in [-0.4, -0.2) is 170 Å². The molecule has 0 radical (unpaired) electrons. The average molecular weight is 518 g/mol. The second kappa shape index (κ2) is 12.3. The van der Waals surface area contributed by atoms with Gasteiger partial charge in [0, 0.05) is 7.11 Å². The Balaban J connectivity index is 1.78. The number of rotatable bonds is 9. The smallest absolute Gasteiger partial charge is 0.187 e. The van der Waals surface area contributed by atoms with Crippen LogP contribution < -0.4 is 0 Å². The van der Waals surface area contributed by atoms with Crippen molar-refractivity contribution in [1.82, 2.24) is 0 Å². The van der Waals surface area contributed by atoms with Crippen LogP contribution in [0.2, 0.25) is 0 Å². The molecule has 3 heterocycles. The zero-order chi connectivity index (χ0) is 26.0. The summed E-state index contributed by atoms with van der Waals surface area (Å²) in [7, 11) is 1.20. The molecule has 16 heteroatoms. The molecule has 0 aromatic carbocycles. The molecule has 3 aliphatic heterocycles. The molecule has 206 valence electrons. The molecule has 15 atom stereocenters. The van der Waals surface area contributed by atoms with Gasteiger partial charge in [-0.05, 0) is 0 Å². The van der Waals surface area contributed by atoms with Crippen LogP contribution in [0.4, 0.5) is 0 Å². The van der Waals surface area contributed by atoms with Gasteiger partial charge in [-0.25, -0.2) is 0 Å². The SMILES string of the molecule is CO[C@H]1O[C@H](CO)[C@@H](O)[C@H](O[C@@H]2O[C@@H]([C@H](O)CO)[C@H](O[C@@H]3O[C@H](CO)[C@H](O)[C@H](O)[C@H]3O)[C@H]2O)[C@H]1O. The first-order valence-electron chi connectivity index (χ1n) is 11.0. The summed E-state index contributed by atoms with van der Waals surface area (Å²) in [5.41, 5.74) is 0. The van der Waals surface area contributed by atoms with E-state index in [1.165, 1.54) is 7.11 Å². The zero-order valence-electron chi connectivity index (χ0n) is 18.7. The molecule has 0 aliphatic carbocycles. The maximum absolute atomic E-state index is 10.8. The van der Waals surface area contributed by atoms with Gasteiger partial charge in [0.2, 0.25) is 0 Å². The Morgan fingerprint density at radius 3 is 1.71 bits per heavy atom. The summed E-state index contributed by atoms with van der Waals surface area (Å²) in [5.74, 6) is 0. The van der Waals surface area contributed by atoms with Crippen molar-refractivity contribution in [3.63, 3.8) is 0 Å². The maximum atomic E-state index is 10.8. The van der Waals surface area contributed by atoms with Crippen molar-refractivity contribution in [2.24, 2.45) is 0 Å². The number of aliphatic hydroxyl groups is 10. The summed E-state index contributed by atoms with van der Waals surface area (Å²) in [4.78, 5) is 0. The summed E-state index contributed by atoms with van der Waals surface area (Å²) in [6.45, 7) is -2.24. The second-order valence-electron chi connectivity index (χ2n) is 8.55. The lowest BCUT2D eigenvalue weighted by Gasteiger charge is -2.42. The van der Waals surface area contributed by atoms with Gasteiger partial charge >= 0.3 is 0 Å². The van der Waals surface area contributed by atoms with E-state index in [1.54, 1.807) is 0 Å². The van der Waals surface area contributed by atoms with Crippen molar-refractivity contribution in [1.29, 1.82) is 0 Å².